The Balaban J connectivity index is 1.62. The fraction of sp³-hybridized carbons (Fsp3) is 0.261. The summed E-state index contributed by atoms with van der Waals surface area (Å²) in [6, 6.07) is 11.8. The molecule has 0 spiro atoms. The van der Waals surface area contributed by atoms with Crippen LogP contribution in [-0.4, -0.2) is 36.9 Å². The summed E-state index contributed by atoms with van der Waals surface area (Å²) in [4.78, 5) is 27.0. The van der Waals surface area contributed by atoms with Gasteiger partial charge in [-0.15, -0.1) is 0 Å². The Morgan fingerprint density at radius 3 is 2.66 bits per heavy atom. The highest BCUT2D eigenvalue weighted by atomic mass is 35.5. The third kappa shape index (κ3) is 4.77. The number of halogens is 1. The van der Waals surface area contributed by atoms with Crippen molar-refractivity contribution in [2.24, 2.45) is 0 Å². The van der Waals surface area contributed by atoms with Gasteiger partial charge in [0, 0.05) is 23.1 Å². The summed E-state index contributed by atoms with van der Waals surface area (Å²) in [5.41, 5.74) is 0.974. The predicted molar refractivity (Wildman–Crippen MR) is 125 cm³/mol. The lowest BCUT2D eigenvalue weighted by atomic mass is 10.1. The van der Waals surface area contributed by atoms with E-state index in [2.05, 4.69) is 5.32 Å². The van der Waals surface area contributed by atoms with E-state index < -0.39 is 11.8 Å². The predicted octanol–water partition coefficient (Wildman–Crippen LogP) is 4.09. The Morgan fingerprint density at radius 1 is 1.19 bits per heavy atom. The second-order valence-corrected chi connectivity index (χ2v) is 8.08. The molecule has 2 saturated heterocycles. The Labute approximate surface area is 195 Å². The summed E-state index contributed by atoms with van der Waals surface area (Å²) in [7, 11) is 1.51. The molecule has 2 amide bonds. The fourth-order valence-electron chi connectivity index (χ4n) is 3.48. The van der Waals surface area contributed by atoms with Crippen LogP contribution in [0.2, 0.25) is 5.02 Å². The Hall–Kier alpha value is -2.94. The molecule has 32 heavy (non-hydrogen) atoms. The molecule has 9 heteroatoms. The molecule has 7 nitrogen and oxygen atoms in total. The standard InChI is InChI=1S/C23H21ClN2O5S/c1-29-19-13-17(31-20-4-2-3-11-30-20)10-5-14(19)12-18-21(27)25-23(32)26(22(18)28)16-8-6-15(24)7-9-16/h5-10,12-13,20H,2-4,11H2,1H3,(H,25,27,32)/b18-12-. The number of rotatable bonds is 5. The first-order valence-corrected chi connectivity index (χ1v) is 10.9. The number of methoxy groups -OCH3 is 1. The number of amides is 2. The zero-order chi connectivity index (χ0) is 22.7. The Morgan fingerprint density at radius 2 is 1.97 bits per heavy atom. The zero-order valence-electron chi connectivity index (χ0n) is 17.3. The Kier molecular flexibility index (Phi) is 6.74. The van der Waals surface area contributed by atoms with E-state index in [4.69, 9.17) is 38.0 Å². The van der Waals surface area contributed by atoms with Crippen LogP contribution in [0.15, 0.2) is 48.0 Å². The molecular weight excluding hydrogens is 452 g/mol. The van der Waals surface area contributed by atoms with Crippen molar-refractivity contribution in [3.05, 3.63) is 58.6 Å². The van der Waals surface area contributed by atoms with Crippen molar-refractivity contribution in [3.63, 3.8) is 0 Å². The van der Waals surface area contributed by atoms with E-state index in [-0.39, 0.29) is 17.0 Å². The number of hydrogen-bond donors (Lipinski definition) is 1. The molecule has 2 aromatic rings. The SMILES string of the molecule is COc1cc(OC2CCCCO2)ccc1/C=C1/C(=O)NC(=S)N(c2ccc(Cl)cc2)C1=O. The largest absolute Gasteiger partial charge is 0.496 e. The van der Waals surface area contributed by atoms with Gasteiger partial charge in [-0.05, 0) is 67.5 Å². The molecule has 1 N–H and O–H groups in total. The van der Waals surface area contributed by atoms with E-state index in [1.807, 2.05) is 0 Å². The number of benzene rings is 2. The van der Waals surface area contributed by atoms with Gasteiger partial charge >= 0.3 is 0 Å². The van der Waals surface area contributed by atoms with E-state index in [1.54, 1.807) is 42.5 Å². The molecule has 4 rings (SSSR count). The monoisotopic (exact) mass is 472 g/mol. The number of nitrogens with zero attached hydrogens (tertiary/aromatic N) is 1. The number of thiocarbonyl (C=S) groups is 1. The number of carbonyl (C=O) groups is 2. The van der Waals surface area contributed by atoms with Crippen LogP contribution in [0, 0.1) is 0 Å². The van der Waals surface area contributed by atoms with E-state index in [1.165, 1.54) is 18.1 Å². The van der Waals surface area contributed by atoms with Gasteiger partial charge in [-0.3, -0.25) is 19.8 Å². The first-order valence-electron chi connectivity index (χ1n) is 10.1. The minimum atomic E-state index is -0.580. The van der Waals surface area contributed by atoms with Gasteiger partial charge in [0.25, 0.3) is 11.8 Å². The van der Waals surface area contributed by atoms with E-state index >= 15 is 0 Å². The molecule has 0 bridgehead atoms. The van der Waals surface area contributed by atoms with E-state index in [0.29, 0.717) is 34.4 Å². The highest BCUT2D eigenvalue weighted by molar-refractivity contribution is 7.80. The number of anilines is 1. The number of hydrogen-bond acceptors (Lipinski definition) is 6. The van der Waals surface area contributed by atoms with Gasteiger partial charge in [0.1, 0.15) is 17.1 Å². The summed E-state index contributed by atoms with van der Waals surface area (Å²) in [6.07, 6.45) is 4.08. The molecule has 0 aromatic heterocycles. The van der Waals surface area contributed by atoms with Gasteiger partial charge in [-0.1, -0.05) is 11.6 Å². The lowest BCUT2D eigenvalue weighted by Crippen LogP contribution is -2.54. The average molecular weight is 473 g/mol. The van der Waals surface area contributed by atoms with Gasteiger partial charge < -0.3 is 14.2 Å². The maximum absolute atomic E-state index is 13.2. The van der Waals surface area contributed by atoms with Crippen LogP contribution in [-0.2, 0) is 14.3 Å². The van der Waals surface area contributed by atoms with Crippen LogP contribution in [0.1, 0.15) is 24.8 Å². The summed E-state index contributed by atoms with van der Waals surface area (Å²) in [5, 5.41) is 3.09. The van der Waals surface area contributed by atoms with Crippen molar-refractivity contribution < 1.29 is 23.8 Å². The van der Waals surface area contributed by atoms with Crippen LogP contribution in [0.4, 0.5) is 5.69 Å². The number of carbonyl (C=O) groups excluding carboxylic acids is 2. The maximum Gasteiger partial charge on any atom is 0.270 e. The molecule has 2 aromatic carbocycles. The van der Waals surface area contributed by atoms with Crippen molar-refractivity contribution >= 4 is 52.5 Å². The molecule has 0 radical (unpaired) electrons. The average Bonchev–Trinajstić information content (AvgIpc) is 2.79. The topological polar surface area (TPSA) is 77.1 Å². The highest BCUT2D eigenvalue weighted by Gasteiger charge is 2.34. The van der Waals surface area contributed by atoms with E-state index in [0.717, 1.165) is 19.3 Å². The number of nitrogens with one attached hydrogen (secondary N) is 1. The second kappa shape index (κ2) is 9.68. The highest BCUT2D eigenvalue weighted by Crippen LogP contribution is 2.30. The first kappa shape index (κ1) is 22.3. The summed E-state index contributed by atoms with van der Waals surface area (Å²) >= 11 is 11.2. The van der Waals surface area contributed by atoms with Gasteiger partial charge in [-0.25, -0.2) is 0 Å². The van der Waals surface area contributed by atoms with E-state index in [9.17, 15) is 9.59 Å². The molecular formula is C23H21ClN2O5S. The zero-order valence-corrected chi connectivity index (χ0v) is 18.9. The van der Waals surface area contributed by atoms with Crippen molar-refractivity contribution in [2.75, 3.05) is 18.6 Å². The lowest BCUT2D eigenvalue weighted by molar-refractivity contribution is -0.122. The van der Waals surface area contributed by atoms with Crippen molar-refractivity contribution in [1.82, 2.24) is 5.32 Å². The molecule has 2 heterocycles. The minimum absolute atomic E-state index is 0.00247. The normalized spacial score (nSPS) is 20.3. The van der Waals surface area contributed by atoms with Crippen LogP contribution >= 0.6 is 23.8 Å². The smallest absolute Gasteiger partial charge is 0.270 e. The summed E-state index contributed by atoms with van der Waals surface area (Å²) in [6.45, 7) is 0.676. The molecule has 1 atom stereocenters. The fourth-order valence-corrected chi connectivity index (χ4v) is 3.88. The number of ether oxygens (including phenoxy) is 3. The second-order valence-electron chi connectivity index (χ2n) is 7.25. The van der Waals surface area contributed by atoms with Crippen LogP contribution in [0.25, 0.3) is 6.08 Å². The quantitative estimate of drug-likeness (QED) is 0.401. The van der Waals surface area contributed by atoms with Crippen molar-refractivity contribution in [3.8, 4) is 11.5 Å². The summed E-state index contributed by atoms with van der Waals surface area (Å²) < 4.78 is 17.0. The third-order valence-corrected chi connectivity index (χ3v) is 5.63. The first-order chi connectivity index (χ1) is 15.5. The minimum Gasteiger partial charge on any atom is -0.496 e. The van der Waals surface area contributed by atoms with Gasteiger partial charge in [-0.2, -0.15) is 0 Å². The lowest BCUT2D eigenvalue weighted by Gasteiger charge is -2.29. The molecule has 0 saturated carbocycles. The molecule has 166 valence electrons. The maximum atomic E-state index is 13.2. The Bertz CT molecular complexity index is 1080. The van der Waals surface area contributed by atoms with Crippen molar-refractivity contribution in [2.45, 2.75) is 25.6 Å². The van der Waals surface area contributed by atoms with Crippen LogP contribution in [0.3, 0.4) is 0 Å². The summed E-state index contributed by atoms with van der Waals surface area (Å²) in [5.74, 6) is -0.0841. The molecule has 2 aliphatic rings. The van der Waals surface area contributed by atoms with Crippen LogP contribution < -0.4 is 19.7 Å². The molecule has 2 fully saturated rings. The van der Waals surface area contributed by atoms with Gasteiger partial charge in [0.2, 0.25) is 0 Å². The van der Waals surface area contributed by atoms with Crippen molar-refractivity contribution in [1.29, 1.82) is 0 Å². The molecule has 0 aliphatic carbocycles. The van der Waals surface area contributed by atoms with Gasteiger partial charge in [0.15, 0.2) is 11.4 Å². The molecule has 1 unspecified atom stereocenters. The molecule has 2 aliphatic heterocycles. The van der Waals surface area contributed by atoms with Gasteiger partial charge in [0.05, 0.1) is 19.4 Å². The third-order valence-electron chi connectivity index (χ3n) is 5.10. The van der Waals surface area contributed by atoms with Crippen LogP contribution in [0.5, 0.6) is 11.5 Å².